The highest BCUT2D eigenvalue weighted by Gasteiger charge is 2.33. The van der Waals surface area contributed by atoms with Gasteiger partial charge in [-0.25, -0.2) is 9.59 Å². The van der Waals surface area contributed by atoms with Gasteiger partial charge < -0.3 is 20.1 Å². The fraction of sp³-hybridized carbons (Fsp3) is 0.846. The van der Waals surface area contributed by atoms with Gasteiger partial charge in [0.05, 0.1) is 13.2 Å². The van der Waals surface area contributed by atoms with Crippen molar-refractivity contribution in [2.45, 2.75) is 25.3 Å². The Kier molecular flexibility index (Phi) is 5.60. The SMILES string of the molecule is O=C(O)[C@@H]1CCCN1C(=O)NCCCN1CCOCC1. The number of morpholine rings is 1. The molecule has 0 unspecified atom stereocenters. The van der Waals surface area contributed by atoms with Crippen LogP contribution in [-0.4, -0.2) is 78.9 Å². The number of carboxylic acids is 1. The van der Waals surface area contributed by atoms with E-state index in [1.54, 1.807) is 0 Å². The highest BCUT2D eigenvalue weighted by molar-refractivity contribution is 5.83. The average Bonchev–Trinajstić information content (AvgIpc) is 2.94. The molecule has 0 aliphatic carbocycles. The predicted octanol–water partition coefficient (Wildman–Crippen LogP) is -0.0327. The molecule has 0 radical (unpaired) electrons. The van der Waals surface area contributed by atoms with Gasteiger partial charge in [-0.1, -0.05) is 0 Å². The number of aliphatic carboxylic acids is 1. The molecule has 2 N–H and O–H groups in total. The lowest BCUT2D eigenvalue weighted by Crippen LogP contribution is -2.46. The number of likely N-dealkylation sites (tertiary alicyclic amines) is 1. The molecule has 7 nitrogen and oxygen atoms in total. The number of nitrogens with zero attached hydrogens (tertiary/aromatic N) is 2. The van der Waals surface area contributed by atoms with Crippen LogP contribution in [0.3, 0.4) is 0 Å². The van der Waals surface area contributed by atoms with Crippen molar-refractivity contribution >= 4 is 12.0 Å². The third-order valence-electron chi connectivity index (χ3n) is 3.83. The summed E-state index contributed by atoms with van der Waals surface area (Å²) in [6.45, 7) is 5.50. The summed E-state index contributed by atoms with van der Waals surface area (Å²) in [5.41, 5.74) is 0. The standard InChI is InChI=1S/C13H23N3O4/c17-12(18)11-3-1-6-16(11)13(19)14-4-2-5-15-7-9-20-10-8-15/h11H,1-10H2,(H,14,19)(H,17,18)/t11-/m0/s1. The minimum atomic E-state index is -0.911. The first-order chi connectivity index (χ1) is 9.68. The number of carboxylic acid groups (broad SMARTS) is 1. The van der Waals surface area contributed by atoms with Gasteiger partial charge in [0, 0.05) is 26.2 Å². The van der Waals surface area contributed by atoms with Crippen molar-refractivity contribution in [2.75, 3.05) is 45.9 Å². The summed E-state index contributed by atoms with van der Waals surface area (Å²) in [4.78, 5) is 26.7. The molecule has 2 saturated heterocycles. The molecule has 2 aliphatic rings. The lowest BCUT2D eigenvalue weighted by Gasteiger charge is -2.26. The lowest BCUT2D eigenvalue weighted by atomic mass is 10.2. The molecule has 2 aliphatic heterocycles. The van der Waals surface area contributed by atoms with Crippen molar-refractivity contribution in [1.82, 2.24) is 15.1 Å². The van der Waals surface area contributed by atoms with E-state index < -0.39 is 12.0 Å². The maximum Gasteiger partial charge on any atom is 0.326 e. The van der Waals surface area contributed by atoms with Crippen molar-refractivity contribution in [3.05, 3.63) is 0 Å². The van der Waals surface area contributed by atoms with Gasteiger partial charge in [-0.05, 0) is 25.8 Å². The molecule has 1 atom stereocenters. The van der Waals surface area contributed by atoms with Crippen LogP contribution in [0.2, 0.25) is 0 Å². The normalized spacial score (nSPS) is 23.8. The molecular formula is C13H23N3O4. The van der Waals surface area contributed by atoms with E-state index in [0.717, 1.165) is 45.7 Å². The van der Waals surface area contributed by atoms with Gasteiger partial charge in [-0.3, -0.25) is 4.90 Å². The first kappa shape index (κ1) is 15.1. The molecule has 20 heavy (non-hydrogen) atoms. The second-order valence-corrected chi connectivity index (χ2v) is 5.23. The summed E-state index contributed by atoms with van der Waals surface area (Å²) in [5, 5.41) is 11.8. The van der Waals surface area contributed by atoms with E-state index in [1.807, 2.05) is 0 Å². The van der Waals surface area contributed by atoms with E-state index in [0.29, 0.717) is 19.5 Å². The van der Waals surface area contributed by atoms with E-state index in [1.165, 1.54) is 4.90 Å². The third kappa shape index (κ3) is 4.08. The Labute approximate surface area is 118 Å². The molecule has 2 fully saturated rings. The van der Waals surface area contributed by atoms with Crippen LogP contribution in [0.15, 0.2) is 0 Å². The maximum absolute atomic E-state index is 11.9. The Morgan fingerprint density at radius 1 is 1.25 bits per heavy atom. The number of nitrogens with one attached hydrogen (secondary N) is 1. The van der Waals surface area contributed by atoms with Gasteiger partial charge >= 0.3 is 12.0 Å². The molecule has 0 aromatic rings. The molecule has 0 bridgehead atoms. The zero-order valence-corrected chi connectivity index (χ0v) is 11.7. The van der Waals surface area contributed by atoms with Crippen LogP contribution in [0, 0.1) is 0 Å². The topological polar surface area (TPSA) is 82.1 Å². The summed E-state index contributed by atoms with van der Waals surface area (Å²) >= 11 is 0. The van der Waals surface area contributed by atoms with Crippen LogP contribution in [0.5, 0.6) is 0 Å². The van der Waals surface area contributed by atoms with Crippen LogP contribution < -0.4 is 5.32 Å². The van der Waals surface area contributed by atoms with Crippen LogP contribution in [0.25, 0.3) is 0 Å². The summed E-state index contributed by atoms with van der Waals surface area (Å²) in [6.07, 6.45) is 2.19. The first-order valence-electron chi connectivity index (χ1n) is 7.26. The molecule has 0 saturated carbocycles. The number of rotatable bonds is 5. The van der Waals surface area contributed by atoms with Crippen LogP contribution in [0.1, 0.15) is 19.3 Å². The predicted molar refractivity (Wildman–Crippen MR) is 72.6 cm³/mol. The number of hydrogen-bond donors (Lipinski definition) is 2. The monoisotopic (exact) mass is 285 g/mol. The van der Waals surface area contributed by atoms with Gasteiger partial charge in [0.15, 0.2) is 0 Å². The molecule has 2 heterocycles. The van der Waals surface area contributed by atoms with E-state index in [4.69, 9.17) is 9.84 Å². The van der Waals surface area contributed by atoms with Gasteiger partial charge in [0.2, 0.25) is 0 Å². The zero-order chi connectivity index (χ0) is 14.4. The number of ether oxygens (including phenoxy) is 1. The minimum absolute atomic E-state index is 0.253. The highest BCUT2D eigenvalue weighted by atomic mass is 16.5. The lowest BCUT2D eigenvalue weighted by molar-refractivity contribution is -0.141. The van der Waals surface area contributed by atoms with Crippen molar-refractivity contribution in [3.63, 3.8) is 0 Å². The number of carbonyl (C=O) groups is 2. The van der Waals surface area contributed by atoms with Crippen molar-refractivity contribution < 1.29 is 19.4 Å². The van der Waals surface area contributed by atoms with E-state index in [2.05, 4.69) is 10.2 Å². The molecule has 0 aromatic carbocycles. The molecule has 0 spiro atoms. The van der Waals surface area contributed by atoms with E-state index in [-0.39, 0.29) is 6.03 Å². The fourth-order valence-corrected chi connectivity index (χ4v) is 2.69. The number of carbonyl (C=O) groups excluding carboxylic acids is 1. The van der Waals surface area contributed by atoms with Crippen LogP contribution in [0.4, 0.5) is 4.79 Å². The number of urea groups is 1. The summed E-state index contributed by atoms with van der Waals surface area (Å²) < 4.78 is 5.27. The second-order valence-electron chi connectivity index (χ2n) is 5.23. The molecule has 114 valence electrons. The summed E-state index contributed by atoms with van der Waals surface area (Å²) in [7, 11) is 0. The Balaban J connectivity index is 1.63. The summed E-state index contributed by atoms with van der Waals surface area (Å²) in [6, 6.07) is -0.911. The molecule has 7 heteroatoms. The highest BCUT2D eigenvalue weighted by Crippen LogP contribution is 2.17. The van der Waals surface area contributed by atoms with Gasteiger partial charge in [0.1, 0.15) is 6.04 Å². The maximum atomic E-state index is 11.9. The van der Waals surface area contributed by atoms with E-state index in [9.17, 15) is 9.59 Å². The van der Waals surface area contributed by atoms with Gasteiger partial charge in [-0.2, -0.15) is 0 Å². The van der Waals surface area contributed by atoms with Crippen molar-refractivity contribution in [3.8, 4) is 0 Å². The largest absolute Gasteiger partial charge is 0.480 e. The third-order valence-corrected chi connectivity index (χ3v) is 3.83. The van der Waals surface area contributed by atoms with Gasteiger partial charge in [0.25, 0.3) is 0 Å². The number of hydrogen-bond acceptors (Lipinski definition) is 4. The first-order valence-corrected chi connectivity index (χ1v) is 7.26. The quantitative estimate of drug-likeness (QED) is 0.693. The molecule has 0 aromatic heterocycles. The molecule has 2 rings (SSSR count). The fourth-order valence-electron chi connectivity index (χ4n) is 2.69. The Bertz CT molecular complexity index is 345. The van der Waals surface area contributed by atoms with Crippen LogP contribution in [-0.2, 0) is 9.53 Å². The van der Waals surface area contributed by atoms with E-state index >= 15 is 0 Å². The molecular weight excluding hydrogens is 262 g/mol. The average molecular weight is 285 g/mol. The zero-order valence-electron chi connectivity index (χ0n) is 11.7. The summed E-state index contributed by atoms with van der Waals surface area (Å²) in [5.74, 6) is -0.911. The number of amides is 2. The minimum Gasteiger partial charge on any atom is -0.480 e. The second kappa shape index (κ2) is 7.44. The van der Waals surface area contributed by atoms with Gasteiger partial charge in [-0.15, -0.1) is 0 Å². The molecule has 2 amide bonds. The van der Waals surface area contributed by atoms with Crippen LogP contribution >= 0.6 is 0 Å². The Morgan fingerprint density at radius 2 is 2.00 bits per heavy atom. The van der Waals surface area contributed by atoms with Crippen molar-refractivity contribution in [2.24, 2.45) is 0 Å². The smallest absolute Gasteiger partial charge is 0.326 e. The Hall–Kier alpha value is -1.34. The Morgan fingerprint density at radius 3 is 2.70 bits per heavy atom. The van der Waals surface area contributed by atoms with Crippen molar-refractivity contribution in [1.29, 1.82) is 0 Å².